The van der Waals surface area contributed by atoms with Gasteiger partial charge in [-0.2, -0.15) is 0 Å². The van der Waals surface area contributed by atoms with Gasteiger partial charge in [-0.15, -0.1) is 0 Å². The standard InChI is InChI=1S/C13H15N3O/c1-8-4-9(2)12(11(5-8)17-3)10-6-15-13(14)16-7-10/h4-7H,1-3H3,(H2,14,15,16). The van der Waals surface area contributed by atoms with Crippen LogP contribution in [0, 0.1) is 13.8 Å². The molecule has 1 aromatic heterocycles. The van der Waals surface area contributed by atoms with Crippen LogP contribution in [0.4, 0.5) is 5.95 Å². The Morgan fingerprint density at radius 1 is 1.12 bits per heavy atom. The molecule has 0 saturated carbocycles. The maximum Gasteiger partial charge on any atom is 0.219 e. The molecule has 0 spiro atoms. The van der Waals surface area contributed by atoms with E-state index in [4.69, 9.17) is 10.5 Å². The molecule has 2 N–H and O–H groups in total. The van der Waals surface area contributed by atoms with E-state index < -0.39 is 0 Å². The van der Waals surface area contributed by atoms with E-state index in [0.29, 0.717) is 0 Å². The third kappa shape index (κ3) is 2.20. The Morgan fingerprint density at radius 3 is 2.35 bits per heavy atom. The van der Waals surface area contributed by atoms with Crippen LogP contribution >= 0.6 is 0 Å². The molecule has 4 nitrogen and oxygen atoms in total. The van der Waals surface area contributed by atoms with E-state index in [0.717, 1.165) is 22.4 Å². The number of nitrogens with zero attached hydrogens (tertiary/aromatic N) is 2. The van der Waals surface area contributed by atoms with E-state index in [2.05, 4.69) is 16.0 Å². The monoisotopic (exact) mass is 229 g/mol. The molecule has 4 heteroatoms. The molecule has 0 aliphatic rings. The van der Waals surface area contributed by atoms with Gasteiger partial charge in [-0.3, -0.25) is 0 Å². The zero-order valence-corrected chi connectivity index (χ0v) is 10.2. The van der Waals surface area contributed by atoms with E-state index in [1.807, 2.05) is 19.9 Å². The van der Waals surface area contributed by atoms with Crippen molar-refractivity contribution in [1.29, 1.82) is 0 Å². The SMILES string of the molecule is COc1cc(C)cc(C)c1-c1cnc(N)nc1. The Kier molecular flexibility index (Phi) is 2.95. The van der Waals surface area contributed by atoms with Crippen LogP contribution in [0.2, 0.25) is 0 Å². The largest absolute Gasteiger partial charge is 0.496 e. The fourth-order valence-electron chi connectivity index (χ4n) is 1.93. The number of benzene rings is 1. The summed E-state index contributed by atoms with van der Waals surface area (Å²) in [5, 5.41) is 0. The molecule has 0 atom stereocenters. The number of aryl methyl sites for hydroxylation is 2. The molecule has 0 radical (unpaired) electrons. The molecule has 17 heavy (non-hydrogen) atoms. The molecule has 2 rings (SSSR count). The van der Waals surface area contributed by atoms with Gasteiger partial charge in [0.1, 0.15) is 5.75 Å². The minimum atomic E-state index is 0.275. The second-order valence-electron chi connectivity index (χ2n) is 3.99. The van der Waals surface area contributed by atoms with Gasteiger partial charge in [0.2, 0.25) is 5.95 Å². The average Bonchev–Trinajstić information content (AvgIpc) is 2.30. The first kappa shape index (κ1) is 11.4. The smallest absolute Gasteiger partial charge is 0.219 e. The molecule has 0 fully saturated rings. The molecule has 0 aliphatic carbocycles. The molecule has 0 saturated heterocycles. The van der Waals surface area contributed by atoms with Crippen molar-refractivity contribution in [2.75, 3.05) is 12.8 Å². The lowest BCUT2D eigenvalue weighted by molar-refractivity contribution is 0.416. The molecule has 0 unspecified atom stereocenters. The predicted octanol–water partition coefficient (Wildman–Crippen LogP) is 2.35. The highest BCUT2D eigenvalue weighted by Crippen LogP contribution is 2.33. The van der Waals surface area contributed by atoms with Gasteiger partial charge in [-0.1, -0.05) is 6.07 Å². The minimum Gasteiger partial charge on any atom is -0.496 e. The summed E-state index contributed by atoms with van der Waals surface area (Å²) in [5.41, 5.74) is 9.71. The number of ether oxygens (including phenoxy) is 1. The van der Waals surface area contributed by atoms with Crippen LogP contribution in [0.25, 0.3) is 11.1 Å². The van der Waals surface area contributed by atoms with E-state index in [1.54, 1.807) is 19.5 Å². The summed E-state index contributed by atoms with van der Waals surface area (Å²) in [5.74, 6) is 1.10. The van der Waals surface area contributed by atoms with E-state index >= 15 is 0 Å². The maximum atomic E-state index is 5.48. The third-order valence-electron chi connectivity index (χ3n) is 2.62. The first-order valence-electron chi connectivity index (χ1n) is 5.35. The van der Waals surface area contributed by atoms with Crippen molar-refractivity contribution in [3.63, 3.8) is 0 Å². The van der Waals surface area contributed by atoms with Crippen LogP contribution < -0.4 is 10.5 Å². The van der Waals surface area contributed by atoms with Crippen LogP contribution in [-0.2, 0) is 0 Å². The molecular formula is C13H15N3O. The summed E-state index contributed by atoms with van der Waals surface area (Å²) < 4.78 is 5.40. The zero-order valence-electron chi connectivity index (χ0n) is 10.2. The third-order valence-corrected chi connectivity index (χ3v) is 2.62. The maximum absolute atomic E-state index is 5.48. The minimum absolute atomic E-state index is 0.275. The van der Waals surface area contributed by atoms with Crippen molar-refractivity contribution >= 4 is 5.95 Å². The summed E-state index contributed by atoms with van der Waals surface area (Å²) in [7, 11) is 1.66. The lowest BCUT2D eigenvalue weighted by atomic mass is 9.99. The van der Waals surface area contributed by atoms with Gasteiger partial charge in [0.25, 0.3) is 0 Å². The molecule has 0 aliphatic heterocycles. The first-order chi connectivity index (χ1) is 8.11. The quantitative estimate of drug-likeness (QED) is 0.858. The molecular weight excluding hydrogens is 214 g/mol. The summed E-state index contributed by atoms with van der Waals surface area (Å²) in [6.45, 7) is 4.08. The van der Waals surface area contributed by atoms with Crippen molar-refractivity contribution in [2.24, 2.45) is 0 Å². The second-order valence-corrected chi connectivity index (χ2v) is 3.99. The number of rotatable bonds is 2. The van der Waals surface area contributed by atoms with Crippen LogP contribution in [0.15, 0.2) is 24.5 Å². The number of hydrogen-bond acceptors (Lipinski definition) is 4. The fraction of sp³-hybridized carbons (Fsp3) is 0.231. The van der Waals surface area contributed by atoms with Gasteiger partial charge in [0, 0.05) is 23.5 Å². The molecule has 2 aromatic rings. The van der Waals surface area contributed by atoms with Gasteiger partial charge in [0.15, 0.2) is 0 Å². The highest BCUT2D eigenvalue weighted by atomic mass is 16.5. The zero-order chi connectivity index (χ0) is 12.4. The molecule has 88 valence electrons. The molecule has 0 bridgehead atoms. The van der Waals surface area contributed by atoms with Gasteiger partial charge in [-0.25, -0.2) is 9.97 Å². The van der Waals surface area contributed by atoms with Crippen LogP contribution in [0.1, 0.15) is 11.1 Å². The number of anilines is 1. The molecule has 1 heterocycles. The first-order valence-corrected chi connectivity index (χ1v) is 5.35. The number of nitrogens with two attached hydrogens (primary N) is 1. The normalized spacial score (nSPS) is 10.3. The predicted molar refractivity (Wildman–Crippen MR) is 67.9 cm³/mol. The lowest BCUT2D eigenvalue weighted by Crippen LogP contribution is -1.97. The topological polar surface area (TPSA) is 61.0 Å². The summed E-state index contributed by atoms with van der Waals surface area (Å²) in [4.78, 5) is 8.01. The van der Waals surface area contributed by atoms with Crippen LogP contribution in [-0.4, -0.2) is 17.1 Å². The molecule has 0 amide bonds. The Bertz CT molecular complexity index is 535. The number of nitrogen functional groups attached to an aromatic ring is 1. The number of hydrogen-bond donors (Lipinski definition) is 1. The Hall–Kier alpha value is -2.10. The lowest BCUT2D eigenvalue weighted by Gasteiger charge is -2.12. The summed E-state index contributed by atoms with van der Waals surface area (Å²) >= 11 is 0. The van der Waals surface area contributed by atoms with Crippen molar-refractivity contribution in [1.82, 2.24) is 9.97 Å². The summed E-state index contributed by atoms with van der Waals surface area (Å²) in [6.07, 6.45) is 3.42. The van der Waals surface area contributed by atoms with Gasteiger partial charge in [-0.05, 0) is 31.0 Å². The van der Waals surface area contributed by atoms with E-state index in [1.165, 1.54) is 5.56 Å². The Labute approximate surface area is 100 Å². The van der Waals surface area contributed by atoms with Crippen LogP contribution in [0.3, 0.4) is 0 Å². The molecule has 1 aromatic carbocycles. The Balaban J connectivity index is 2.61. The Morgan fingerprint density at radius 2 is 1.76 bits per heavy atom. The van der Waals surface area contributed by atoms with Gasteiger partial charge < -0.3 is 10.5 Å². The van der Waals surface area contributed by atoms with E-state index in [9.17, 15) is 0 Å². The highest BCUT2D eigenvalue weighted by molar-refractivity contribution is 5.73. The number of aromatic nitrogens is 2. The van der Waals surface area contributed by atoms with Crippen molar-refractivity contribution < 1.29 is 4.74 Å². The highest BCUT2D eigenvalue weighted by Gasteiger charge is 2.10. The van der Waals surface area contributed by atoms with Crippen molar-refractivity contribution in [2.45, 2.75) is 13.8 Å². The summed E-state index contributed by atoms with van der Waals surface area (Å²) in [6, 6.07) is 4.10. The van der Waals surface area contributed by atoms with Crippen molar-refractivity contribution in [3.8, 4) is 16.9 Å². The van der Waals surface area contributed by atoms with Gasteiger partial charge >= 0.3 is 0 Å². The van der Waals surface area contributed by atoms with E-state index in [-0.39, 0.29) is 5.95 Å². The van der Waals surface area contributed by atoms with Crippen LogP contribution in [0.5, 0.6) is 5.75 Å². The average molecular weight is 229 g/mol. The fourth-order valence-corrected chi connectivity index (χ4v) is 1.93. The number of methoxy groups -OCH3 is 1. The van der Waals surface area contributed by atoms with Crippen molar-refractivity contribution in [3.05, 3.63) is 35.7 Å². The van der Waals surface area contributed by atoms with Gasteiger partial charge in [0.05, 0.1) is 7.11 Å². The second kappa shape index (κ2) is 4.41.